The average Bonchev–Trinajstić information content (AvgIpc) is 2.41. The van der Waals surface area contributed by atoms with Gasteiger partial charge in [-0.05, 0) is 44.5 Å². The second kappa shape index (κ2) is 6.15. The molecule has 4 heteroatoms. The summed E-state index contributed by atoms with van der Waals surface area (Å²) >= 11 is 0. The van der Waals surface area contributed by atoms with Crippen molar-refractivity contribution < 1.29 is 14.3 Å². The molecule has 1 fully saturated rings. The fraction of sp³-hybridized carbons (Fsp3) is 0.533. The van der Waals surface area contributed by atoms with Gasteiger partial charge >= 0.3 is 5.97 Å². The maximum absolute atomic E-state index is 14.0. The van der Waals surface area contributed by atoms with Crippen molar-refractivity contribution in [2.45, 2.75) is 38.6 Å². The molecule has 0 bridgehead atoms. The molecular formula is C15H20FNO2. The van der Waals surface area contributed by atoms with Gasteiger partial charge in [-0.3, -0.25) is 9.69 Å². The van der Waals surface area contributed by atoms with Crippen LogP contribution in [0.2, 0.25) is 0 Å². The topological polar surface area (TPSA) is 40.5 Å². The van der Waals surface area contributed by atoms with E-state index in [1.807, 2.05) is 0 Å². The van der Waals surface area contributed by atoms with Gasteiger partial charge in [0.05, 0.1) is 5.92 Å². The van der Waals surface area contributed by atoms with Crippen molar-refractivity contribution in [3.63, 3.8) is 0 Å². The predicted octanol–water partition coefficient (Wildman–Crippen LogP) is 3.00. The van der Waals surface area contributed by atoms with Crippen LogP contribution in [0.25, 0.3) is 0 Å². The lowest BCUT2D eigenvalue weighted by Gasteiger charge is -2.26. The second-order valence-electron chi connectivity index (χ2n) is 5.25. The summed E-state index contributed by atoms with van der Waals surface area (Å²) in [4.78, 5) is 13.1. The van der Waals surface area contributed by atoms with Gasteiger partial charge in [0.25, 0.3) is 0 Å². The number of halogens is 1. The first-order chi connectivity index (χ1) is 9.08. The maximum Gasteiger partial charge on any atom is 0.310 e. The fourth-order valence-electron chi connectivity index (χ4n) is 2.46. The Morgan fingerprint density at radius 1 is 1.37 bits per heavy atom. The van der Waals surface area contributed by atoms with Crippen LogP contribution in [0.1, 0.15) is 43.2 Å². The van der Waals surface area contributed by atoms with Crippen LogP contribution in [0, 0.1) is 5.82 Å². The number of carboxylic acids is 1. The monoisotopic (exact) mass is 265 g/mol. The van der Waals surface area contributed by atoms with Crippen LogP contribution in [-0.2, 0) is 11.3 Å². The lowest BCUT2D eigenvalue weighted by atomic mass is 9.99. The Labute approximate surface area is 113 Å². The van der Waals surface area contributed by atoms with Crippen LogP contribution >= 0.6 is 0 Å². The third kappa shape index (κ3) is 3.53. The Morgan fingerprint density at radius 3 is 2.63 bits per heavy atom. The van der Waals surface area contributed by atoms with Gasteiger partial charge in [0.2, 0.25) is 0 Å². The zero-order valence-electron chi connectivity index (χ0n) is 11.2. The van der Waals surface area contributed by atoms with Crippen molar-refractivity contribution in [2.24, 2.45) is 0 Å². The Kier molecular flexibility index (Phi) is 4.53. The minimum absolute atomic E-state index is 0.295. The van der Waals surface area contributed by atoms with E-state index in [2.05, 4.69) is 4.90 Å². The first kappa shape index (κ1) is 14.0. The molecule has 0 amide bonds. The number of hydrogen-bond donors (Lipinski definition) is 1. The van der Waals surface area contributed by atoms with Crippen molar-refractivity contribution in [1.29, 1.82) is 0 Å². The summed E-state index contributed by atoms with van der Waals surface area (Å²) in [6, 6.07) is 4.80. The molecule has 3 nitrogen and oxygen atoms in total. The third-order valence-electron chi connectivity index (χ3n) is 3.79. The van der Waals surface area contributed by atoms with Crippen molar-refractivity contribution in [3.05, 3.63) is 35.1 Å². The highest BCUT2D eigenvalue weighted by atomic mass is 19.1. The van der Waals surface area contributed by atoms with Crippen molar-refractivity contribution in [3.8, 4) is 0 Å². The van der Waals surface area contributed by atoms with Crippen LogP contribution < -0.4 is 0 Å². The molecule has 0 saturated carbocycles. The fourth-order valence-corrected chi connectivity index (χ4v) is 2.46. The molecular weight excluding hydrogens is 245 g/mol. The minimum Gasteiger partial charge on any atom is -0.481 e. The number of carbonyl (C=O) groups is 1. The van der Waals surface area contributed by atoms with Crippen molar-refractivity contribution in [1.82, 2.24) is 4.90 Å². The number of rotatable bonds is 4. The van der Waals surface area contributed by atoms with E-state index in [1.165, 1.54) is 25.3 Å². The molecule has 1 saturated heterocycles. The molecule has 1 unspecified atom stereocenters. The zero-order valence-corrected chi connectivity index (χ0v) is 11.2. The van der Waals surface area contributed by atoms with Crippen LogP contribution in [-0.4, -0.2) is 29.1 Å². The average molecular weight is 265 g/mol. The molecule has 0 aliphatic carbocycles. The normalized spacial score (nSPS) is 18.2. The Balaban J connectivity index is 2.08. The van der Waals surface area contributed by atoms with E-state index in [-0.39, 0.29) is 5.82 Å². The standard InChI is InChI=1S/C15H20FNO2/c1-11(15(18)19)12-5-6-13(14(16)9-12)10-17-7-3-2-4-8-17/h5-6,9,11H,2-4,7-8,10H2,1H3,(H,18,19). The SMILES string of the molecule is CC(C(=O)O)c1ccc(CN2CCCCC2)c(F)c1. The first-order valence-corrected chi connectivity index (χ1v) is 6.81. The quantitative estimate of drug-likeness (QED) is 0.909. The lowest BCUT2D eigenvalue weighted by Crippen LogP contribution is -2.29. The molecule has 104 valence electrons. The molecule has 1 aromatic carbocycles. The lowest BCUT2D eigenvalue weighted by molar-refractivity contribution is -0.138. The number of nitrogens with zero attached hydrogens (tertiary/aromatic N) is 1. The molecule has 0 aromatic heterocycles. The molecule has 1 aliphatic heterocycles. The summed E-state index contributed by atoms with van der Waals surface area (Å²) in [5.41, 5.74) is 1.18. The van der Waals surface area contributed by atoms with Gasteiger partial charge in [-0.15, -0.1) is 0 Å². The summed E-state index contributed by atoms with van der Waals surface area (Å²) in [7, 11) is 0. The number of likely N-dealkylation sites (tertiary alicyclic amines) is 1. The second-order valence-corrected chi connectivity index (χ2v) is 5.25. The van der Waals surface area contributed by atoms with E-state index in [1.54, 1.807) is 19.1 Å². The molecule has 1 aliphatic rings. The van der Waals surface area contributed by atoms with Gasteiger partial charge in [0.15, 0.2) is 0 Å². The van der Waals surface area contributed by atoms with Crippen LogP contribution in [0.15, 0.2) is 18.2 Å². The maximum atomic E-state index is 14.0. The predicted molar refractivity (Wildman–Crippen MR) is 71.6 cm³/mol. The summed E-state index contributed by atoms with van der Waals surface area (Å²) in [5.74, 6) is -1.89. The molecule has 19 heavy (non-hydrogen) atoms. The highest BCUT2D eigenvalue weighted by molar-refractivity contribution is 5.75. The Hall–Kier alpha value is -1.42. The highest BCUT2D eigenvalue weighted by Crippen LogP contribution is 2.21. The molecule has 1 heterocycles. The number of carboxylic acid groups (broad SMARTS) is 1. The van der Waals surface area contributed by atoms with Gasteiger partial charge in [0.1, 0.15) is 5.82 Å². The number of piperidine rings is 1. The summed E-state index contributed by atoms with van der Waals surface area (Å²) in [6.45, 7) is 4.23. The van der Waals surface area contributed by atoms with Gasteiger partial charge < -0.3 is 5.11 Å². The summed E-state index contributed by atoms with van der Waals surface area (Å²) in [6.07, 6.45) is 3.61. The molecule has 2 rings (SSSR count). The molecule has 1 aromatic rings. The highest BCUT2D eigenvalue weighted by Gasteiger charge is 2.17. The number of aliphatic carboxylic acids is 1. The van der Waals surface area contributed by atoms with Gasteiger partial charge in [-0.1, -0.05) is 18.6 Å². The smallest absolute Gasteiger partial charge is 0.310 e. The van der Waals surface area contributed by atoms with E-state index in [0.29, 0.717) is 17.7 Å². The largest absolute Gasteiger partial charge is 0.481 e. The Morgan fingerprint density at radius 2 is 2.05 bits per heavy atom. The number of hydrogen-bond acceptors (Lipinski definition) is 2. The molecule has 0 radical (unpaired) electrons. The van der Waals surface area contributed by atoms with Gasteiger partial charge in [-0.25, -0.2) is 4.39 Å². The number of benzene rings is 1. The molecule has 1 atom stereocenters. The molecule has 0 spiro atoms. The van der Waals surface area contributed by atoms with E-state index in [0.717, 1.165) is 13.1 Å². The first-order valence-electron chi connectivity index (χ1n) is 6.81. The van der Waals surface area contributed by atoms with E-state index in [4.69, 9.17) is 5.11 Å². The van der Waals surface area contributed by atoms with E-state index >= 15 is 0 Å². The summed E-state index contributed by atoms with van der Waals surface area (Å²) in [5, 5.41) is 8.93. The van der Waals surface area contributed by atoms with Crippen molar-refractivity contribution >= 4 is 5.97 Å². The third-order valence-corrected chi connectivity index (χ3v) is 3.79. The minimum atomic E-state index is -0.928. The van der Waals surface area contributed by atoms with Gasteiger partial charge in [-0.2, -0.15) is 0 Å². The Bertz CT molecular complexity index is 455. The summed E-state index contributed by atoms with van der Waals surface area (Å²) < 4.78 is 14.0. The van der Waals surface area contributed by atoms with Gasteiger partial charge in [0, 0.05) is 12.1 Å². The van der Waals surface area contributed by atoms with Crippen LogP contribution in [0.4, 0.5) is 4.39 Å². The van der Waals surface area contributed by atoms with Crippen LogP contribution in [0.5, 0.6) is 0 Å². The van der Waals surface area contributed by atoms with Crippen molar-refractivity contribution in [2.75, 3.05) is 13.1 Å². The zero-order chi connectivity index (χ0) is 13.8. The molecule has 1 N–H and O–H groups in total. The van der Waals surface area contributed by atoms with E-state index < -0.39 is 11.9 Å². The van der Waals surface area contributed by atoms with E-state index in [9.17, 15) is 9.18 Å². The van der Waals surface area contributed by atoms with Crippen LogP contribution in [0.3, 0.4) is 0 Å².